The maximum atomic E-state index is 13.8. The van der Waals surface area contributed by atoms with Gasteiger partial charge < -0.3 is 18.3 Å². The van der Waals surface area contributed by atoms with Crippen LogP contribution in [0.5, 0.6) is 0 Å². The molecule has 16 aromatic carbocycles. The van der Waals surface area contributed by atoms with Crippen LogP contribution in [0.4, 0.5) is 4.39 Å². The van der Waals surface area contributed by atoms with E-state index < -0.39 is 0 Å². The summed E-state index contributed by atoms with van der Waals surface area (Å²) in [5.41, 5.74) is 26.1. The van der Waals surface area contributed by atoms with Crippen molar-refractivity contribution in [3.05, 3.63) is 363 Å². The quantitative estimate of drug-likeness (QED) is 0.144. The van der Waals surface area contributed by atoms with Crippen molar-refractivity contribution in [2.45, 2.75) is 13.8 Å². The van der Waals surface area contributed by atoms with Gasteiger partial charge in [0, 0.05) is 65.8 Å². The fraction of sp³-hybridized carbons (Fsp3) is 0.0213. The lowest BCUT2D eigenvalue weighted by Gasteiger charge is -2.11. The highest BCUT2D eigenvalue weighted by Crippen LogP contribution is 2.42. The molecule has 0 atom stereocenters. The summed E-state index contributed by atoms with van der Waals surface area (Å²) in [4.78, 5) is 0. The van der Waals surface area contributed by atoms with Crippen LogP contribution >= 0.6 is 0 Å². The third-order valence-electron chi connectivity index (χ3n) is 20.3. The van der Waals surface area contributed by atoms with Gasteiger partial charge in [-0.3, -0.25) is 0 Å². The number of nitrogens with zero attached hydrogens (tertiary/aromatic N) is 4. The topological polar surface area (TPSA) is 19.7 Å². The Kier molecular flexibility index (Phi) is 13.5. The van der Waals surface area contributed by atoms with Crippen molar-refractivity contribution >= 4 is 109 Å². The molecule has 0 fully saturated rings. The minimum atomic E-state index is -0.234. The van der Waals surface area contributed by atoms with Crippen LogP contribution in [0, 0.1) is 19.7 Å². The van der Waals surface area contributed by atoms with Crippen molar-refractivity contribution in [1.82, 2.24) is 18.3 Å². The maximum absolute atomic E-state index is 13.8. The Morgan fingerprint density at radius 1 is 0.182 bits per heavy atom. The lowest BCUT2D eigenvalue weighted by molar-refractivity contribution is 0.627. The van der Waals surface area contributed by atoms with E-state index >= 15 is 0 Å². The molecular formula is C94H63FN4. The third-order valence-corrected chi connectivity index (χ3v) is 20.3. The van der Waals surface area contributed by atoms with Gasteiger partial charge in [0.05, 0.1) is 44.1 Å². The highest BCUT2D eigenvalue weighted by atomic mass is 19.1. The Morgan fingerprint density at radius 3 is 0.889 bits per heavy atom. The molecule has 0 saturated carbocycles. The first-order valence-electron chi connectivity index (χ1n) is 34.0. The Labute approximate surface area is 571 Å². The molecule has 0 amide bonds. The third kappa shape index (κ3) is 9.80. The van der Waals surface area contributed by atoms with Crippen LogP contribution in [0.15, 0.2) is 346 Å². The number of rotatable bonds is 8. The van der Waals surface area contributed by atoms with Gasteiger partial charge in [0.15, 0.2) is 0 Å². The molecule has 4 heterocycles. The van der Waals surface area contributed by atoms with E-state index in [0.29, 0.717) is 0 Å². The zero-order valence-corrected chi connectivity index (χ0v) is 54.6. The van der Waals surface area contributed by atoms with E-state index in [-0.39, 0.29) is 5.82 Å². The molecule has 0 aliphatic rings. The van der Waals surface area contributed by atoms with E-state index in [1.807, 2.05) is 12.1 Å². The Bertz CT molecular complexity index is 6600. The molecule has 5 heteroatoms. The van der Waals surface area contributed by atoms with Gasteiger partial charge in [0.25, 0.3) is 0 Å². The summed E-state index contributed by atoms with van der Waals surface area (Å²) in [7, 11) is 0. The van der Waals surface area contributed by atoms with Gasteiger partial charge in [-0.05, 0) is 212 Å². The molecule has 4 aromatic heterocycles. The number of aromatic nitrogens is 4. The van der Waals surface area contributed by atoms with Crippen LogP contribution < -0.4 is 0 Å². The van der Waals surface area contributed by atoms with Crippen LogP contribution in [-0.4, -0.2) is 18.3 Å². The summed E-state index contributed by atoms with van der Waals surface area (Å²) in [5, 5.41) is 14.9. The summed E-state index contributed by atoms with van der Waals surface area (Å²) in [5.74, 6) is -0.234. The van der Waals surface area contributed by atoms with Crippen molar-refractivity contribution in [1.29, 1.82) is 0 Å². The van der Waals surface area contributed by atoms with Crippen molar-refractivity contribution in [3.8, 4) is 67.3 Å². The molecule has 0 radical (unpaired) electrons. The van der Waals surface area contributed by atoms with Crippen LogP contribution in [0.25, 0.3) is 176 Å². The minimum Gasteiger partial charge on any atom is -0.309 e. The van der Waals surface area contributed by atoms with Crippen LogP contribution in [0.1, 0.15) is 11.1 Å². The van der Waals surface area contributed by atoms with Gasteiger partial charge in [-0.1, -0.05) is 224 Å². The molecule has 4 nitrogen and oxygen atoms in total. The fourth-order valence-corrected chi connectivity index (χ4v) is 15.7. The number of halogens is 1. The predicted molar refractivity (Wildman–Crippen MR) is 416 cm³/mol. The zero-order chi connectivity index (χ0) is 65.8. The van der Waals surface area contributed by atoms with Crippen LogP contribution in [-0.2, 0) is 0 Å². The number of hydrogen-bond acceptors (Lipinski definition) is 0. The van der Waals surface area contributed by atoms with Gasteiger partial charge in [-0.15, -0.1) is 0 Å². The number of fused-ring (bicyclic) bond motifs is 14. The van der Waals surface area contributed by atoms with Crippen molar-refractivity contribution in [3.63, 3.8) is 0 Å². The second kappa shape index (κ2) is 23.2. The van der Waals surface area contributed by atoms with E-state index in [1.54, 1.807) is 0 Å². The molecule has 0 aliphatic carbocycles. The fourth-order valence-electron chi connectivity index (χ4n) is 15.7. The molecule has 0 N–H and O–H groups in total. The number of aryl methyl sites for hydroxylation is 2. The Hall–Kier alpha value is -12.8. The molecule has 0 spiro atoms. The molecule has 0 bridgehead atoms. The van der Waals surface area contributed by atoms with Gasteiger partial charge in [0.2, 0.25) is 0 Å². The van der Waals surface area contributed by atoms with Crippen LogP contribution in [0.3, 0.4) is 0 Å². The van der Waals surface area contributed by atoms with E-state index in [4.69, 9.17) is 0 Å². The van der Waals surface area contributed by atoms with Gasteiger partial charge in [0.1, 0.15) is 5.82 Å². The largest absolute Gasteiger partial charge is 0.309 e. The van der Waals surface area contributed by atoms with Gasteiger partial charge >= 0.3 is 0 Å². The number of benzene rings is 16. The summed E-state index contributed by atoms with van der Waals surface area (Å²) < 4.78 is 23.2. The highest BCUT2D eigenvalue weighted by Gasteiger charge is 2.20. The normalized spacial score (nSPS) is 11.8. The first-order chi connectivity index (χ1) is 48.8. The first kappa shape index (κ1) is 57.6. The molecule has 20 aromatic rings. The molecule has 0 unspecified atom stereocenters. The average Bonchev–Trinajstić information content (AvgIpc) is 1.61. The summed E-state index contributed by atoms with van der Waals surface area (Å²) >= 11 is 0. The molecule has 0 aliphatic heterocycles. The first-order valence-corrected chi connectivity index (χ1v) is 34.0. The van der Waals surface area contributed by atoms with E-state index in [1.165, 1.54) is 166 Å². The Balaban J connectivity index is 0.000000138. The maximum Gasteiger partial charge on any atom is 0.123 e. The average molecular weight is 1270 g/mol. The van der Waals surface area contributed by atoms with Crippen molar-refractivity contribution < 1.29 is 4.39 Å². The van der Waals surface area contributed by atoms with E-state index in [2.05, 4.69) is 354 Å². The standard InChI is InChI=1S/C48H34N2.C46H29FN2/c1-31-25-32(2)27-40(26-31)50-46-14-8-6-12-42(46)44-29-37(21-24-47(44)50)34-15-17-35(18-16-34)38-20-23-43-41-11-5-7-13-45(41)49(48(43)30-38)39-22-19-33-9-3-4-10-36(33)28-39;47-36-20-23-37(24-21-36)48-44-12-6-4-10-40(44)42-28-34(19-26-45(42)48)31-13-15-32(16-14-31)35-18-25-41-39-9-3-5-11-43(39)49(46(41)29-35)38-22-17-30-7-1-2-8-33(30)27-38/h3-30H,1-2H3;1-29H. The molecule has 99 heavy (non-hydrogen) atoms. The second-order valence-electron chi connectivity index (χ2n) is 26.4. The van der Waals surface area contributed by atoms with Crippen LogP contribution in [0.2, 0.25) is 0 Å². The number of para-hydroxylation sites is 4. The summed E-state index contributed by atoms with van der Waals surface area (Å²) in [6, 6.07) is 124. The summed E-state index contributed by atoms with van der Waals surface area (Å²) in [6.07, 6.45) is 0. The molecule has 466 valence electrons. The van der Waals surface area contributed by atoms with Gasteiger partial charge in [-0.2, -0.15) is 0 Å². The molecule has 20 rings (SSSR count). The zero-order valence-electron chi connectivity index (χ0n) is 54.6. The Morgan fingerprint density at radius 2 is 0.475 bits per heavy atom. The van der Waals surface area contributed by atoms with Gasteiger partial charge in [-0.25, -0.2) is 4.39 Å². The number of hydrogen-bond donors (Lipinski definition) is 0. The lowest BCUT2D eigenvalue weighted by Crippen LogP contribution is -1.95. The lowest BCUT2D eigenvalue weighted by atomic mass is 9.98. The predicted octanol–water partition coefficient (Wildman–Crippen LogP) is 25.5. The smallest absolute Gasteiger partial charge is 0.123 e. The van der Waals surface area contributed by atoms with E-state index in [0.717, 1.165) is 33.5 Å². The van der Waals surface area contributed by atoms with Crippen molar-refractivity contribution in [2.24, 2.45) is 0 Å². The molecule has 0 saturated heterocycles. The monoisotopic (exact) mass is 1270 g/mol. The SMILES string of the molecule is Cc1cc(C)cc(-n2c3ccccc3c3cc(-c4ccc(-c5ccc6c7ccccc7n(-c7ccc8ccccc8c7)c6c5)cc4)ccc32)c1.Fc1ccc(-n2c3ccccc3c3cc(-c4ccc(-c5ccc6c7ccccc7n(-c7ccc8ccccc8c7)c6c5)cc4)ccc32)cc1. The highest BCUT2D eigenvalue weighted by molar-refractivity contribution is 6.14. The minimum absolute atomic E-state index is 0.234. The molecular weight excluding hydrogens is 1200 g/mol. The van der Waals surface area contributed by atoms with E-state index in [9.17, 15) is 4.39 Å². The second-order valence-corrected chi connectivity index (χ2v) is 26.4. The summed E-state index contributed by atoms with van der Waals surface area (Å²) in [6.45, 7) is 4.35. The van der Waals surface area contributed by atoms with Crippen molar-refractivity contribution in [2.75, 3.05) is 0 Å².